The van der Waals surface area contributed by atoms with Crippen LogP contribution < -0.4 is 0 Å². The number of nitrogens with zero attached hydrogens (tertiary/aromatic N) is 1. The molecule has 3 aliphatic carbocycles. The van der Waals surface area contributed by atoms with Crippen LogP contribution in [0.4, 0.5) is 39.5 Å². The van der Waals surface area contributed by atoms with Gasteiger partial charge in [0.25, 0.3) is 5.41 Å². The summed E-state index contributed by atoms with van der Waals surface area (Å²) in [6.07, 6.45) is -11.7. The average Bonchev–Trinajstić information content (AvgIpc) is 3.20. The van der Waals surface area contributed by atoms with E-state index in [4.69, 9.17) is 0 Å². The van der Waals surface area contributed by atoms with Gasteiger partial charge in [0.15, 0.2) is 0 Å². The Balaban J connectivity index is 1.86. The molecule has 2 fully saturated rings. The lowest BCUT2D eigenvalue weighted by atomic mass is 9.62. The molecule has 5 atom stereocenters. The fourth-order valence-corrected chi connectivity index (χ4v) is 6.83. The lowest BCUT2D eigenvalue weighted by Crippen LogP contribution is -2.64. The van der Waals surface area contributed by atoms with Crippen LogP contribution in [-0.2, 0) is 4.84 Å². The topological polar surface area (TPSA) is 62.0 Å². The third kappa shape index (κ3) is 6.48. The monoisotopic (exact) mass is 629 g/mol. The SMILES string of the molecule is C=C1/C(=C\C=C2/CCC[C@]3(C)C([C@@H](C)C/C=C/C(=NOC)C(C(F)(F)F)(C(F)(F)F)C(F)(F)F)=CC[C@@H]23)C[C@@H](O)C[C@@H]1O. The van der Waals surface area contributed by atoms with Crippen molar-refractivity contribution < 1.29 is 54.6 Å². The van der Waals surface area contributed by atoms with Crippen LogP contribution >= 0.6 is 0 Å². The van der Waals surface area contributed by atoms with E-state index in [1.807, 2.05) is 25.2 Å². The summed E-state index contributed by atoms with van der Waals surface area (Å²) in [7, 11) is 0.563. The molecule has 0 aliphatic heterocycles. The molecule has 0 aromatic heterocycles. The number of allylic oxidation sites excluding steroid dienone is 7. The Morgan fingerprint density at radius 2 is 1.70 bits per heavy atom. The lowest BCUT2D eigenvalue weighted by Gasteiger charge is -2.42. The summed E-state index contributed by atoms with van der Waals surface area (Å²) in [4.78, 5) is 4.02. The van der Waals surface area contributed by atoms with Crippen molar-refractivity contribution >= 4 is 5.71 Å². The van der Waals surface area contributed by atoms with Gasteiger partial charge in [0.1, 0.15) is 12.8 Å². The summed E-state index contributed by atoms with van der Waals surface area (Å²) < 4.78 is 123. The molecule has 0 aromatic rings. The maximum Gasteiger partial charge on any atom is 0.417 e. The molecule has 3 aliphatic rings. The number of aliphatic hydroxyl groups is 2. The van der Waals surface area contributed by atoms with Crippen molar-refractivity contribution in [3.05, 3.63) is 59.3 Å². The molecule has 242 valence electrons. The Morgan fingerprint density at radius 3 is 2.26 bits per heavy atom. The molecular formula is C30H36F9NO3. The molecule has 0 spiro atoms. The van der Waals surface area contributed by atoms with Crippen molar-refractivity contribution in [3.8, 4) is 0 Å². The first-order chi connectivity index (χ1) is 19.7. The molecule has 13 heteroatoms. The zero-order chi connectivity index (χ0) is 32.6. The number of fused-ring (bicyclic) bond motifs is 1. The molecule has 0 saturated heterocycles. The van der Waals surface area contributed by atoms with E-state index >= 15 is 0 Å². The van der Waals surface area contributed by atoms with Crippen molar-refractivity contribution in [2.75, 3.05) is 7.11 Å². The second kappa shape index (κ2) is 12.5. The van der Waals surface area contributed by atoms with E-state index in [1.54, 1.807) is 6.92 Å². The van der Waals surface area contributed by atoms with Crippen LogP contribution in [0.2, 0.25) is 0 Å². The predicted octanol–water partition coefficient (Wildman–Crippen LogP) is 8.31. The van der Waals surface area contributed by atoms with Gasteiger partial charge < -0.3 is 15.1 Å². The summed E-state index contributed by atoms with van der Waals surface area (Å²) in [5.41, 5.74) is -5.63. The van der Waals surface area contributed by atoms with Gasteiger partial charge in [-0.2, -0.15) is 39.5 Å². The van der Waals surface area contributed by atoms with E-state index < -0.39 is 47.8 Å². The third-order valence-corrected chi connectivity index (χ3v) is 9.02. The van der Waals surface area contributed by atoms with Crippen molar-refractivity contribution in [1.82, 2.24) is 0 Å². The summed E-state index contributed by atoms with van der Waals surface area (Å²) in [6, 6.07) is 0. The molecule has 3 rings (SSSR count). The van der Waals surface area contributed by atoms with E-state index in [0.29, 0.717) is 25.5 Å². The first-order valence-corrected chi connectivity index (χ1v) is 13.9. The number of aliphatic hydroxyl groups excluding tert-OH is 2. The number of halogens is 9. The number of oxime groups is 1. The Kier molecular flexibility index (Phi) is 10.1. The van der Waals surface area contributed by atoms with Gasteiger partial charge in [-0.05, 0) is 73.0 Å². The van der Waals surface area contributed by atoms with Crippen molar-refractivity contribution in [2.24, 2.45) is 27.8 Å². The number of rotatable bonds is 7. The molecule has 2 N–H and O–H groups in total. The van der Waals surface area contributed by atoms with Gasteiger partial charge in [0.2, 0.25) is 0 Å². The zero-order valence-electron chi connectivity index (χ0n) is 24.0. The molecule has 43 heavy (non-hydrogen) atoms. The molecule has 0 heterocycles. The molecule has 0 bridgehead atoms. The van der Waals surface area contributed by atoms with E-state index in [-0.39, 0.29) is 30.3 Å². The standard InChI is InChI=1S/C30H36F9NO3/c1-17(7-5-9-25(40-43-4)27(28(31,32)33,29(34,35)36)30(37,38)39)22-12-13-23-19(8-6-14-26(22,23)3)10-11-20-15-21(41)16-24(42)18(20)2/h5,9-12,17,21,23-24,41-42H,2,6-8,13-16H2,1,3-4H3/b9-5+,19-10+,20-11-,40-25?/t17-,21+,23-,24-,26+/m0/s1. The molecule has 0 amide bonds. The maximum absolute atomic E-state index is 13.6. The number of hydrogen-bond acceptors (Lipinski definition) is 4. The van der Waals surface area contributed by atoms with Gasteiger partial charge >= 0.3 is 18.5 Å². The van der Waals surface area contributed by atoms with Crippen LogP contribution in [0, 0.1) is 22.7 Å². The van der Waals surface area contributed by atoms with Crippen LogP contribution in [0.1, 0.15) is 58.8 Å². The van der Waals surface area contributed by atoms with E-state index in [1.165, 1.54) is 0 Å². The minimum absolute atomic E-state index is 0.0604. The highest BCUT2D eigenvalue weighted by atomic mass is 19.4. The smallest absolute Gasteiger partial charge is 0.399 e. The van der Waals surface area contributed by atoms with Crippen LogP contribution in [0.25, 0.3) is 0 Å². The fraction of sp³-hybridized carbons (Fsp3) is 0.633. The molecule has 0 aromatic carbocycles. The van der Waals surface area contributed by atoms with Crippen molar-refractivity contribution in [3.63, 3.8) is 0 Å². The second-order valence-corrected chi connectivity index (χ2v) is 11.7. The normalized spacial score (nSPS) is 30.7. The summed E-state index contributed by atoms with van der Waals surface area (Å²) >= 11 is 0. The molecule has 0 radical (unpaired) electrons. The highest BCUT2D eigenvalue weighted by Crippen LogP contribution is 2.61. The van der Waals surface area contributed by atoms with Gasteiger partial charge in [-0.3, -0.25) is 0 Å². The predicted molar refractivity (Wildman–Crippen MR) is 143 cm³/mol. The zero-order valence-corrected chi connectivity index (χ0v) is 24.0. The van der Waals surface area contributed by atoms with E-state index in [0.717, 1.165) is 42.1 Å². The Bertz CT molecular complexity index is 1170. The van der Waals surface area contributed by atoms with Crippen LogP contribution in [-0.4, -0.2) is 53.8 Å². The summed E-state index contributed by atoms with van der Waals surface area (Å²) in [6.45, 7) is 7.67. The van der Waals surface area contributed by atoms with E-state index in [9.17, 15) is 49.7 Å². The van der Waals surface area contributed by atoms with Gasteiger partial charge in [-0.15, -0.1) is 0 Å². The highest BCUT2D eigenvalue weighted by molar-refractivity contribution is 6.01. The summed E-state index contributed by atoms with van der Waals surface area (Å²) in [5, 5.41) is 22.7. The Labute approximate surface area is 244 Å². The number of hydrogen-bond donors (Lipinski definition) is 2. The van der Waals surface area contributed by atoms with Gasteiger partial charge in [0.05, 0.1) is 12.2 Å². The van der Waals surface area contributed by atoms with Gasteiger partial charge in [-0.25, -0.2) is 0 Å². The van der Waals surface area contributed by atoms with Crippen LogP contribution in [0.3, 0.4) is 0 Å². The lowest BCUT2D eigenvalue weighted by molar-refractivity contribution is -0.397. The summed E-state index contributed by atoms with van der Waals surface area (Å²) in [5.74, 6) is -0.349. The van der Waals surface area contributed by atoms with Gasteiger partial charge in [0, 0.05) is 6.42 Å². The Morgan fingerprint density at radius 1 is 1.09 bits per heavy atom. The molecule has 0 unspecified atom stereocenters. The molecule has 2 saturated carbocycles. The van der Waals surface area contributed by atoms with Gasteiger partial charge in [-0.1, -0.05) is 61.0 Å². The number of alkyl halides is 9. The quantitative estimate of drug-likeness (QED) is 0.129. The van der Waals surface area contributed by atoms with Crippen molar-refractivity contribution in [2.45, 2.75) is 89.5 Å². The highest BCUT2D eigenvalue weighted by Gasteiger charge is 2.86. The van der Waals surface area contributed by atoms with Crippen molar-refractivity contribution in [1.29, 1.82) is 0 Å². The average molecular weight is 630 g/mol. The van der Waals surface area contributed by atoms with E-state index in [2.05, 4.69) is 16.6 Å². The fourth-order valence-electron chi connectivity index (χ4n) is 6.83. The first kappa shape index (κ1) is 34.9. The molecule has 4 nitrogen and oxygen atoms in total. The first-order valence-electron chi connectivity index (χ1n) is 13.9. The third-order valence-electron chi connectivity index (χ3n) is 9.02. The maximum atomic E-state index is 13.6. The van der Waals surface area contributed by atoms with Crippen LogP contribution in [0.15, 0.2) is 64.4 Å². The second-order valence-electron chi connectivity index (χ2n) is 11.7. The Hall–Kier alpha value is -2.54. The minimum atomic E-state index is -6.80. The van der Waals surface area contributed by atoms with Crippen LogP contribution in [0.5, 0.6) is 0 Å². The largest absolute Gasteiger partial charge is 0.417 e. The molecular weight excluding hydrogens is 593 g/mol. The minimum Gasteiger partial charge on any atom is -0.399 e.